The minimum absolute atomic E-state index is 0. The predicted molar refractivity (Wildman–Crippen MR) is 163 cm³/mol. The Morgan fingerprint density at radius 2 is 1.64 bits per heavy atom. The van der Waals surface area contributed by atoms with Crippen molar-refractivity contribution in [3.8, 4) is 5.75 Å². The van der Waals surface area contributed by atoms with Crippen molar-refractivity contribution in [3.63, 3.8) is 0 Å². The number of thiazole rings is 1. The van der Waals surface area contributed by atoms with Gasteiger partial charge >= 0.3 is 0 Å². The minimum atomic E-state index is -3.76. The molecule has 1 aromatic heterocycles. The summed E-state index contributed by atoms with van der Waals surface area (Å²) in [4.78, 5) is 22.5. The van der Waals surface area contributed by atoms with E-state index in [0.29, 0.717) is 30.4 Å². The van der Waals surface area contributed by atoms with Crippen LogP contribution in [0.2, 0.25) is 0 Å². The van der Waals surface area contributed by atoms with Crippen molar-refractivity contribution in [2.24, 2.45) is 0 Å². The number of aromatic nitrogens is 1. The average molecular weight is 593 g/mol. The number of carbonyl (C=O) groups is 1. The third kappa shape index (κ3) is 7.89. The number of sulfonamides is 1. The zero-order chi connectivity index (χ0) is 27.7. The molecule has 0 saturated carbocycles. The van der Waals surface area contributed by atoms with E-state index in [-0.39, 0.29) is 36.3 Å². The van der Waals surface area contributed by atoms with Crippen LogP contribution in [0.15, 0.2) is 72.7 Å². The lowest BCUT2D eigenvalue weighted by atomic mass is 10.2. The SMILES string of the molecule is C=CCN(CC=C)S(=O)(=O)c1ccc(C(=O)N(CCN(CC)CC)c2nc3ccc(OCC)cc3s2)cc1.Cl. The van der Waals surface area contributed by atoms with E-state index in [1.165, 1.54) is 39.9 Å². The number of amides is 1. The Kier molecular flexibility index (Phi) is 12.6. The van der Waals surface area contributed by atoms with Crippen LogP contribution in [0.3, 0.4) is 0 Å². The van der Waals surface area contributed by atoms with Crippen molar-refractivity contribution in [2.45, 2.75) is 25.7 Å². The number of likely N-dealkylation sites (N-methyl/N-ethyl adjacent to an activating group) is 1. The van der Waals surface area contributed by atoms with Crippen LogP contribution in [0.25, 0.3) is 10.2 Å². The second kappa shape index (κ2) is 15.1. The third-order valence-corrected chi connectivity index (χ3v) is 8.96. The third-order valence-electron chi connectivity index (χ3n) is 6.07. The zero-order valence-corrected chi connectivity index (χ0v) is 25.2. The van der Waals surface area contributed by atoms with Gasteiger partial charge in [0.1, 0.15) is 5.75 Å². The van der Waals surface area contributed by atoms with Gasteiger partial charge in [0.05, 0.1) is 21.7 Å². The molecule has 0 unspecified atom stereocenters. The van der Waals surface area contributed by atoms with Gasteiger partial charge in [0.25, 0.3) is 5.91 Å². The van der Waals surface area contributed by atoms with E-state index in [4.69, 9.17) is 9.72 Å². The highest BCUT2D eigenvalue weighted by atomic mass is 35.5. The van der Waals surface area contributed by atoms with E-state index in [1.807, 2.05) is 25.1 Å². The number of benzene rings is 2. The number of hydrogen-bond donors (Lipinski definition) is 0. The lowest BCUT2D eigenvalue weighted by Gasteiger charge is -2.25. The molecular formula is C28H37ClN4O4S2. The monoisotopic (exact) mass is 592 g/mol. The van der Waals surface area contributed by atoms with Gasteiger partial charge in [-0.2, -0.15) is 4.31 Å². The molecule has 0 aliphatic carbocycles. The lowest BCUT2D eigenvalue weighted by molar-refractivity contribution is 0.0983. The van der Waals surface area contributed by atoms with E-state index < -0.39 is 10.0 Å². The second-order valence-corrected chi connectivity index (χ2v) is 11.4. The molecule has 0 spiro atoms. The first-order chi connectivity index (χ1) is 18.3. The molecule has 0 radical (unpaired) electrons. The van der Waals surface area contributed by atoms with Crippen LogP contribution in [0.1, 0.15) is 31.1 Å². The first kappa shape index (κ1) is 32.5. The molecule has 212 valence electrons. The molecule has 0 bridgehead atoms. The molecule has 3 rings (SSSR count). The summed E-state index contributed by atoms with van der Waals surface area (Å²) in [6.45, 7) is 17.2. The highest BCUT2D eigenvalue weighted by Gasteiger charge is 2.25. The molecular weight excluding hydrogens is 556 g/mol. The van der Waals surface area contributed by atoms with E-state index in [9.17, 15) is 13.2 Å². The topological polar surface area (TPSA) is 83.1 Å². The maximum absolute atomic E-state index is 13.7. The Morgan fingerprint density at radius 3 is 2.21 bits per heavy atom. The smallest absolute Gasteiger partial charge is 0.260 e. The fourth-order valence-electron chi connectivity index (χ4n) is 3.96. The van der Waals surface area contributed by atoms with Gasteiger partial charge in [0.15, 0.2) is 5.13 Å². The van der Waals surface area contributed by atoms with Gasteiger partial charge in [-0.25, -0.2) is 13.4 Å². The maximum atomic E-state index is 13.7. The van der Waals surface area contributed by atoms with Crippen molar-refractivity contribution in [1.82, 2.24) is 14.2 Å². The molecule has 0 atom stereocenters. The van der Waals surface area contributed by atoms with Crippen LogP contribution in [0, 0.1) is 0 Å². The van der Waals surface area contributed by atoms with Gasteiger partial charge < -0.3 is 9.64 Å². The Bertz CT molecular complexity index is 1350. The number of anilines is 1. The van der Waals surface area contributed by atoms with Crippen molar-refractivity contribution in [2.75, 3.05) is 50.8 Å². The van der Waals surface area contributed by atoms with Crippen molar-refractivity contribution >= 4 is 55.0 Å². The molecule has 0 N–H and O–H groups in total. The van der Waals surface area contributed by atoms with Crippen LogP contribution in [-0.4, -0.2) is 74.4 Å². The van der Waals surface area contributed by atoms with E-state index in [0.717, 1.165) is 29.1 Å². The first-order valence-electron chi connectivity index (χ1n) is 12.7. The molecule has 8 nitrogen and oxygen atoms in total. The summed E-state index contributed by atoms with van der Waals surface area (Å²) in [7, 11) is -3.76. The summed E-state index contributed by atoms with van der Waals surface area (Å²) >= 11 is 1.43. The van der Waals surface area contributed by atoms with Crippen LogP contribution in [-0.2, 0) is 10.0 Å². The van der Waals surface area contributed by atoms with Crippen LogP contribution < -0.4 is 9.64 Å². The zero-order valence-electron chi connectivity index (χ0n) is 22.7. The molecule has 0 aliphatic heterocycles. The molecule has 1 heterocycles. The molecule has 0 saturated heterocycles. The molecule has 0 aliphatic rings. The van der Waals surface area contributed by atoms with E-state index in [1.54, 1.807) is 17.0 Å². The van der Waals surface area contributed by atoms with Gasteiger partial charge in [0.2, 0.25) is 10.0 Å². The van der Waals surface area contributed by atoms with Crippen molar-refractivity contribution in [1.29, 1.82) is 0 Å². The van der Waals surface area contributed by atoms with E-state index >= 15 is 0 Å². The highest BCUT2D eigenvalue weighted by molar-refractivity contribution is 7.89. The Morgan fingerprint density at radius 1 is 1.00 bits per heavy atom. The molecule has 1 amide bonds. The summed E-state index contributed by atoms with van der Waals surface area (Å²) in [6.07, 6.45) is 3.06. The van der Waals surface area contributed by atoms with Crippen LogP contribution in [0.5, 0.6) is 5.75 Å². The van der Waals surface area contributed by atoms with Crippen LogP contribution in [0.4, 0.5) is 5.13 Å². The van der Waals surface area contributed by atoms with Gasteiger partial charge in [-0.15, -0.1) is 25.6 Å². The quantitative estimate of drug-likeness (QED) is 0.218. The van der Waals surface area contributed by atoms with Crippen molar-refractivity contribution < 1.29 is 17.9 Å². The minimum Gasteiger partial charge on any atom is -0.494 e. The molecule has 39 heavy (non-hydrogen) atoms. The number of hydrogen-bond acceptors (Lipinski definition) is 7. The number of carbonyl (C=O) groups excluding carboxylic acids is 1. The number of nitrogens with zero attached hydrogens (tertiary/aromatic N) is 4. The second-order valence-electron chi connectivity index (χ2n) is 8.47. The summed E-state index contributed by atoms with van der Waals surface area (Å²) in [5.41, 5.74) is 1.18. The number of fused-ring (bicyclic) bond motifs is 1. The van der Waals surface area contributed by atoms with Crippen molar-refractivity contribution in [3.05, 3.63) is 73.3 Å². The van der Waals surface area contributed by atoms with E-state index in [2.05, 4.69) is 31.9 Å². The predicted octanol–water partition coefficient (Wildman–Crippen LogP) is 5.47. The van der Waals surface area contributed by atoms with Crippen LogP contribution >= 0.6 is 23.7 Å². The molecule has 0 fully saturated rings. The first-order valence-corrected chi connectivity index (χ1v) is 14.9. The van der Waals surface area contributed by atoms with Gasteiger partial charge in [-0.05, 0) is 62.5 Å². The van der Waals surface area contributed by atoms with Gasteiger partial charge in [0, 0.05) is 31.7 Å². The lowest BCUT2D eigenvalue weighted by Crippen LogP contribution is -2.39. The summed E-state index contributed by atoms with van der Waals surface area (Å²) < 4.78 is 34.0. The summed E-state index contributed by atoms with van der Waals surface area (Å²) in [5, 5.41) is 0.589. The summed E-state index contributed by atoms with van der Waals surface area (Å²) in [5.74, 6) is 0.522. The number of halogens is 1. The standard InChI is InChI=1S/C28H36N4O4S2.ClH/c1-6-17-31(18-7-2)38(34,35)24-14-11-22(12-15-24)27(33)32(20-19-30(8-3)9-4)28-29-25-16-13-23(36-10-5)21-26(25)37-28;/h6-7,11-16,21H,1-2,8-10,17-20H2,3-5H3;1H. The molecule has 3 aromatic rings. The van der Waals surface area contributed by atoms with Gasteiger partial charge in [-0.1, -0.05) is 37.3 Å². The number of rotatable bonds is 15. The van der Waals surface area contributed by atoms with Gasteiger partial charge in [-0.3, -0.25) is 9.69 Å². The fraction of sp³-hybridized carbons (Fsp3) is 0.357. The summed E-state index contributed by atoms with van der Waals surface area (Å²) in [6, 6.07) is 11.8. The Balaban J connectivity index is 0.00000533. The number of ether oxygens (including phenoxy) is 1. The largest absolute Gasteiger partial charge is 0.494 e. The maximum Gasteiger partial charge on any atom is 0.260 e. The Hall–Kier alpha value is -2.76. The normalized spacial score (nSPS) is 11.4. The molecule has 2 aromatic carbocycles. The Labute approximate surface area is 242 Å². The molecule has 11 heteroatoms. The highest BCUT2D eigenvalue weighted by Crippen LogP contribution is 2.32. The average Bonchev–Trinajstić information content (AvgIpc) is 3.34. The fourth-order valence-corrected chi connectivity index (χ4v) is 6.36.